The van der Waals surface area contributed by atoms with Crippen LogP contribution in [0.5, 0.6) is 0 Å². The van der Waals surface area contributed by atoms with Crippen LogP contribution >= 0.6 is 0 Å². The van der Waals surface area contributed by atoms with Crippen molar-refractivity contribution in [2.24, 2.45) is 11.8 Å². The largest absolute Gasteiger partial charge is 0.204 e. The molecule has 0 saturated heterocycles. The molecule has 2 aromatic rings. The summed E-state index contributed by atoms with van der Waals surface area (Å²) in [6.07, 6.45) is 14.9. The summed E-state index contributed by atoms with van der Waals surface area (Å²) in [7, 11) is 0. The molecule has 164 valence electrons. The van der Waals surface area contributed by atoms with Gasteiger partial charge in [0.1, 0.15) is 0 Å². The fourth-order valence-electron chi connectivity index (χ4n) is 5.71. The van der Waals surface area contributed by atoms with Gasteiger partial charge in [0, 0.05) is 11.1 Å². The monoisotopic (exact) mass is 420 g/mol. The van der Waals surface area contributed by atoms with E-state index in [0.717, 1.165) is 36.0 Å². The fourth-order valence-corrected chi connectivity index (χ4v) is 5.71. The first-order valence-corrected chi connectivity index (χ1v) is 12.2. The van der Waals surface area contributed by atoms with E-state index in [1.54, 1.807) is 0 Å². The molecule has 3 atom stereocenters. The van der Waals surface area contributed by atoms with Crippen LogP contribution in [0.3, 0.4) is 0 Å². The predicted octanol–water partition coefficient (Wildman–Crippen LogP) is 8.17. The summed E-state index contributed by atoms with van der Waals surface area (Å²) in [5, 5.41) is 0. The zero-order chi connectivity index (χ0) is 21.6. The Labute approximate surface area is 186 Å². The van der Waals surface area contributed by atoms with E-state index in [-0.39, 0.29) is 0 Å². The maximum atomic E-state index is 13.4. The molecule has 31 heavy (non-hydrogen) atoms. The van der Waals surface area contributed by atoms with Crippen molar-refractivity contribution in [3.8, 4) is 11.8 Å². The number of fused-ring (bicyclic) bond motifs is 3. The summed E-state index contributed by atoms with van der Waals surface area (Å²) in [6.45, 7) is 2.28. The van der Waals surface area contributed by atoms with E-state index in [1.165, 1.54) is 81.4 Å². The number of benzene rings is 2. The molecule has 0 aromatic heterocycles. The Bertz CT molecular complexity index is 949. The van der Waals surface area contributed by atoms with Gasteiger partial charge in [0.2, 0.25) is 0 Å². The van der Waals surface area contributed by atoms with Crippen molar-refractivity contribution < 1.29 is 8.78 Å². The van der Waals surface area contributed by atoms with Crippen molar-refractivity contribution in [2.45, 2.75) is 83.5 Å². The number of hydrogen-bond acceptors (Lipinski definition) is 0. The van der Waals surface area contributed by atoms with Crippen molar-refractivity contribution >= 4 is 0 Å². The molecule has 2 aliphatic rings. The number of rotatable bonds is 6. The summed E-state index contributed by atoms with van der Waals surface area (Å²) in [5.74, 6) is 6.93. The second-order valence-electron chi connectivity index (χ2n) is 9.58. The summed E-state index contributed by atoms with van der Waals surface area (Å²) >= 11 is 0. The Kier molecular flexibility index (Phi) is 7.44. The van der Waals surface area contributed by atoms with Crippen molar-refractivity contribution in [1.29, 1.82) is 0 Å². The van der Waals surface area contributed by atoms with Gasteiger partial charge in [-0.05, 0) is 91.3 Å². The minimum atomic E-state index is -0.847. The van der Waals surface area contributed by atoms with E-state index < -0.39 is 11.6 Å². The Morgan fingerprint density at radius 1 is 0.839 bits per heavy atom. The topological polar surface area (TPSA) is 0 Å². The van der Waals surface area contributed by atoms with Crippen LogP contribution < -0.4 is 0 Å². The molecule has 0 aliphatic heterocycles. The molecule has 4 rings (SSSR count). The lowest BCUT2D eigenvalue weighted by Crippen LogP contribution is -2.28. The van der Waals surface area contributed by atoms with Crippen LogP contribution in [0.4, 0.5) is 8.78 Å². The predicted molar refractivity (Wildman–Crippen MR) is 124 cm³/mol. The smallest absolute Gasteiger partial charge is 0.160 e. The summed E-state index contributed by atoms with van der Waals surface area (Å²) < 4.78 is 26.5. The molecule has 1 fully saturated rings. The van der Waals surface area contributed by atoms with Crippen molar-refractivity contribution in [1.82, 2.24) is 0 Å². The summed E-state index contributed by atoms with van der Waals surface area (Å²) in [6, 6.07) is 10.4. The lowest BCUT2D eigenvalue weighted by molar-refractivity contribution is 0.199. The highest BCUT2D eigenvalue weighted by Gasteiger charge is 2.34. The zero-order valence-electron chi connectivity index (χ0n) is 18.7. The highest BCUT2D eigenvalue weighted by Crippen LogP contribution is 2.48. The third-order valence-corrected chi connectivity index (χ3v) is 7.40. The number of unbranched alkanes of at least 4 members (excludes halogenated alkanes) is 4. The van der Waals surface area contributed by atoms with Crippen LogP contribution in [0.25, 0.3) is 0 Å². The van der Waals surface area contributed by atoms with Crippen molar-refractivity contribution in [3.63, 3.8) is 0 Å². The average molecular weight is 421 g/mol. The molecule has 3 unspecified atom stereocenters. The second kappa shape index (κ2) is 10.4. The normalized spacial score (nSPS) is 22.2. The number of hydrogen-bond donors (Lipinski definition) is 0. The van der Waals surface area contributed by atoms with Crippen LogP contribution in [0.1, 0.15) is 99.3 Å². The average Bonchev–Trinajstić information content (AvgIpc) is 2.79. The van der Waals surface area contributed by atoms with Gasteiger partial charge in [-0.25, -0.2) is 8.78 Å². The highest BCUT2D eigenvalue weighted by molar-refractivity contribution is 5.47. The molecule has 0 bridgehead atoms. The van der Waals surface area contributed by atoms with Gasteiger partial charge < -0.3 is 0 Å². The molecule has 0 amide bonds. The lowest BCUT2D eigenvalue weighted by atomic mass is 9.64. The van der Waals surface area contributed by atoms with Gasteiger partial charge in [0.15, 0.2) is 11.6 Å². The molecule has 1 saturated carbocycles. The maximum Gasteiger partial charge on any atom is 0.160 e. The van der Waals surface area contributed by atoms with Gasteiger partial charge in [-0.15, -0.1) is 0 Å². The van der Waals surface area contributed by atoms with E-state index in [9.17, 15) is 8.78 Å². The van der Waals surface area contributed by atoms with E-state index >= 15 is 0 Å². The van der Waals surface area contributed by atoms with Crippen LogP contribution in [0.15, 0.2) is 36.4 Å². The molecule has 0 spiro atoms. The minimum absolute atomic E-state index is 0.504. The van der Waals surface area contributed by atoms with E-state index in [2.05, 4.69) is 37.0 Å². The molecule has 0 nitrogen and oxygen atoms in total. The van der Waals surface area contributed by atoms with Crippen LogP contribution in [-0.4, -0.2) is 0 Å². The van der Waals surface area contributed by atoms with Crippen LogP contribution in [0, 0.1) is 35.3 Å². The van der Waals surface area contributed by atoms with Gasteiger partial charge >= 0.3 is 0 Å². The van der Waals surface area contributed by atoms with Gasteiger partial charge in [-0.3, -0.25) is 0 Å². The maximum absolute atomic E-state index is 13.4. The van der Waals surface area contributed by atoms with Crippen molar-refractivity contribution in [2.75, 3.05) is 0 Å². The minimum Gasteiger partial charge on any atom is -0.204 e. The lowest BCUT2D eigenvalue weighted by Gasteiger charge is -2.40. The Morgan fingerprint density at radius 3 is 2.42 bits per heavy atom. The zero-order valence-corrected chi connectivity index (χ0v) is 18.7. The van der Waals surface area contributed by atoms with Crippen LogP contribution in [0.2, 0.25) is 0 Å². The Hall–Kier alpha value is -2.14. The number of aryl methyl sites for hydroxylation is 1. The summed E-state index contributed by atoms with van der Waals surface area (Å²) in [5.41, 5.74) is 4.44. The Morgan fingerprint density at radius 2 is 1.61 bits per heavy atom. The molecule has 2 heteroatoms. The van der Waals surface area contributed by atoms with Crippen molar-refractivity contribution in [3.05, 3.63) is 70.3 Å². The molecule has 2 aromatic carbocycles. The molecular formula is C29H34F2. The van der Waals surface area contributed by atoms with Gasteiger partial charge in [-0.2, -0.15) is 0 Å². The van der Waals surface area contributed by atoms with Gasteiger partial charge in [-0.1, -0.05) is 63.4 Å². The first-order valence-electron chi connectivity index (χ1n) is 12.2. The molecule has 0 radical (unpaired) electrons. The first kappa shape index (κ1) is 22.1. The second-order valence-corrected chi connectivity index (χ2v) is 9.58. The highest BCUT2D eigenvalue weighted by atomic mass is 19.2. The number of halogens is 2. The molecule has 0 heterocycles. The van der Waals surface area contributed by atoms with Gasteiger partial charge in [0.25, 0.3) is 0 Å². The molecular weight excluding hydrogens is 386 g/mol. The first-order chi connectivity index (χ1) is 15.1. The van der Waals surface area contributed by atoms with E-state index in [0.29, 0.717) is 11.5 Å². The quantitative estimate of drug-likeness (QED) is 0.326. The fraction of sp³-hybridized carbons (Fsp3) is 0.517. The SMILES string of the molecule is CCCCCCCC1CCC2c3ccc(C#Cc4ccc(F)c(F)c4)cc3CCC2C1. The van der Waals surface area contributed by atoms with Crippen LogP contribution in [-0.2, 0) is 6.42 Å². The molecule has 2 aliphatic carbocycles. The van der Waals surface area contributed by atoms with E-state index in [1.807, 2.05) is 0 Å². The summed E-state index contributed by atoms with van der Waals surface area (Å²) in [4.78, 5) is 0. The van der Waals surface area contributed by atoms with Gasteiger partial charge in [0.05, 0.1) is 0 Å². The Balaban J connectivity index is 1.37. The standard InChI is InChI=1S/C29H34F2/c1-2-3-4-5-6-7-21-10-15-26-24(18-21)13-14-25-19-22(11-16-27(25)26)8-9-23-12-17-28(30)29(31)20-23/h11-12,16-17,19-21,24,26H,2-7,10,13-15,18H2,1H3. The third-order valence-electron chi connectivity index (χ3n) is 7.40. The van der Waals surface area contributed by atoms with E-state index in [4.69, 9.17) is 0 Å². The molecule has 0 N–H and O–H groups in total. The third kappa shape index (κ3) is 5.57.